The zero-order chi connectivity index (χ0) is 15.9. The predicted molar refractivity (Wildman–Crippen MR) is 101 cm³/mol. The highest BCUT2D eigenvalue weighted by atomic mass is 32.1. The smallest absolute Gasteiger partial charge is 0.145 e. The highest BCUT2D eigenvalue weighted by Crippen LogP contribution is 2.34. The molecule has 0 bridgehead atoms. The third-order valence-electron chi connectivity index (χ3n) is 4.30. The van der Waals surface area contributed by atoms with Gasteiger partial charge in [-0.05, 0) is 29.0 Å². The number of rotatable bonds is 2. The van der Waals surface area contributed by atoms with Gasteiger partial charge in [0.15, 0.2) is 0 Å². The molecule has 5 rings (SSSR count). The van der Waals surface area contributed by atoms with E-state index in [-0.39, 0.29) is 0 Å². The Kier molecular flexibility index (Phi) is 3.00. The summed E-state index contributed by atoms with van der Waals surface area (Å²) >= 11 is 1.73. The molecule has 0 spiro atoms. The minimum Gasteiger partial charge on any atom is -0.292 e. The number of nitrogens with zero attached hydrogens (tertiary/aromatic N) is 2. The summed E-state index contributed by atoms with van der Waals surface area (Å²) in [6.45, 7) is 0. The predicted octanol–water partition coefficient (Wildman–Crippen LogP) is 5.88. The van der Waals surface area contributed by atoms with Crippen LogP contribution in [0.15, 0.2) is 84.2 Å². The van der Waals surface area contributed by atoms with Gasteiger partial charge >= 0.3 is 0 Å². The number of pyridine rings is 1. The molecular formula is C21H14N2S. The maximum Gasteiger partial charge on any atom is 0.145 e. The van der Waals surface area contributed by atoms with Crippen molar-refractivity contribution in [1.29, 1.82) is 0 Å². The first-order valence-electron chi connectivity index (χ1n) is 7.91. The molecule has 24 heavy (non-hydrogen) atoms. The standard InChI is InChI=1S/C21H14N2S/c1-2-8-16(9-3-1)21-22-20(19-11-6-14-24-19)18-13-12-15-7-4-5-10-17(15)23(18)21/h1-14H. The van der Waals surface area contributed by atoms with Crippen molar-refractivity contribution >= 4 is 27.8 Å². The van der Waals surface area contributed by atoms with Crippen molar-refractivity contribution in [3.05, 3.63) is 84.2 Å². The molecule has 2 aromatic carbocycles. The molecule has 0 fully saturated rings. The summed E-state index contributed by atoms with van der Waals surface area (Å²) < 4.78 is 2.28. The largest absolute Gasteiger partial charge is 0.292 e. The number of imidazole rings is 1. The van der Waals surface area contributed by atoms with Crippen molar-refractivity contribution in [3.8, 4) is 22.0 Å². The Morgan fingerprint density at radius 3 is 2.38 bits per heavy atom. The Bertz CT molecular complexity index is 1140. The molecule has 3 heteroatoms. The lowest BCUT2D eigenvalue weighted by Crippen LogP contribution is -1.91. The van der Waals surface area contributed by atoms with Gasteiger partial charge in [0.05, 0.1) is 15.9 Å². The zero-order valence-electron chi connectivity index (χ0n) is 12.9. The van der Waals surface area contributed by atoms with Crippen molar-refractivity contribution in [1.82, 2.24) is 9.38 Å². The first-order chi connectivity index (χ1) is 11.9. The number of hydrogen-bond donors (Lipinski definition) is 0. The van der Waals surface area contributed by atoms with Crippen LogP contribution in [0.1, 0.15) is 0 Å². The third-order valence-corrected chi connectivity index (χ3v) is 5.17. The fraction of sp³-hybridized carbons (Fsp3) is 0. The fourth-order valence-corrected chi connectivity index (χ4v) is 3.93. The molecule has 0 N–H and O–H groups in total. The van der Waals surface area contributed by atoms with Crippen LogP contribution < -0.4 is 0 Å². The van der Waals surface area contributed by atoms with E-state index in [0.717, 1.165) is 22.6 Å². The van der Waals surface area contributed by atoms with Crippen LogP contribution in [0.2, 0.25) is 0 Å². The molecule has 0 atom stereocenters. The molecule has 0 unspecified atom stereocenters. The van der Waals surface area contributed by atoms with Crippen LogP contribution in [0.3, 0.4) is 0 Å². The van der Waals surface area contributed by atoms with E-state index in [2.05, 4.69) is 82.6 Å². The lowest BCUT2D eigenvalue weighted by molar-refractivity contribution is 1.22. The molecule has 2 nitrogen and oxygen atoms in total. The van der Waals surface area contributed by atoms with Crippen LogP contribution in [-0.4, -0.2) is 9.38 Å². The molecule has 5 aromatic rings. The highest BCUT2D eigenvalue weighted by Gasteiger charge is 2.16. The average molecular weight is 326 g/mol. The van der Waals surface area contributed by atoms with Gasteiger partial charge < -0.3 is 0 Å². The van der Waals surface area contributed by atoms with Gasteiger partial charge in [-0.1, -0.05) is 60.7 Å². The summed E-state index contributed by atoms with van der Waals surface area (Å²) in [5, 5.41) is 3.32. The van der Waals surface area contributed by atoms with Gasteiger partial charge in [0, 0.05) is 5.56 Å². The van der Waals surface area contributed by atoms with Gasteiger partial charge in [-0.3, -0.25) is 4.40 Å². The van der Waals surface area contributed by atoms with Gasteiger partial charge in [0.2, 0.25) is 0 Å². The van der Waals surface area contributed by atoms with Gasteiger partial charge in [0.25, 0.3) is 0 Å². The monoisotopic (exact) mass is 326 g/mol. The van der Waals surface area contributed by atoms with Gasteiger partial charge in [-0.2, -0.15) is 0 Å². The van der Waals surface area contributed by atoms with E-state index < -0.39 is 0 Å². The van der Waals surface area contributed by atoms with Gasteiger partial charge in [0.1, 0.15) is 11.5 Å². The van der Waals surface area contributed by atoms with Crippen LogP contribution in [0.25, 0.3) is 38.4 Å². The fourth-order valence-electron chi connectivity index (χ4n) is 3.21. The summed E-state index contributed by atoms with van der Waals surface area (Å²) in [5.74, 6) is 0.991. The van der Waals surface area contributed by atoms with E-state index in [9.17, 15) is 0 Å². The van der Waals surface area contributed by atoms with Gasteiger partial charge in [-0.15, -0.1) is 11.3 Å². The molecule has 0 saturated heterocycles. The number of aromatic nitrogens is 2. The number of para-hydroxylation sites is 1. The normalized spacial score (nSPS) is 11.3. The van der Waals surface area contributed by atoms with Crippen LogP contribution in [0.5, 0.6) is 0 Å². The molecule has 0 aliphatic carbocycles. The van der Waals surface area contributed by atoms with E-state index in [0.29, 0.717) is 0 Å². The van der Waals surface area contributed by atoms with Crippen LogP contribution in [0, 0.1) is 0 Å². The summed E-state index contributed by atoms with van der Waals surface area (Å²) in [6.07, 6.45) is 0. The third kappa shape index (κ3) is 1.99. The summed E-state index contributed by atoms with van der Waals surface area (Å²) in [5.41, 5.74) is 4.51. The molecular weight excluding hydrogens is 312 g/mol. The van der Waals surface area contributed by atoms with Crippen molar-refractivity contribution in [2.24, 2.45) is 0 Å². The summed E-state index contributed by atoms with van der Waals surface area (Å²) in [7, 11) is 0. The quantitative estimate of drug-likeness (QED) is 0.396. The number of thiophene rings is 1. The van der Waals surface area contributed by atoms with E-state index in [1.54, 1.807) is 11.3 Å². The molecule has 0 saturated carbocycles. The van der Waals surface area contributed by atoms with E-state index >= 15 is 0 Å². The van der Waals surface area contributed by atoms with Crippen LogP contribution >= 0.6 is 11.3 Å². The van der Waals surface area contributed by atoms with Crippen molar-refractivity contribution < 1.29 is 0 Å². The molecule has 3 aromatic heterocycles. The molecule has 0 aliphatic heterocycles. The SMILES string of the molecule is c1ccc(-c2nc(-c3cccs3)c3ccc4ccccc4n23)cc1. The molecule has 3 heterocycles. The Morgan fingerprint density at radius 2 is 1.54 bits per heavy atom. The molecule has 0 amide bonds. The van der Waals surface area contributed by atoms with Gasteiger partial charge in [-0.25, -0.2) is 4.98 Å². The molecule has 0 radical (unpaired) electrons. The Labute approximate surface area is 143 Å². The van der Waals surface area contributed by atoms with Crippen LogP contribution in [0.4, 0.5) is 0 Å². The summed E-state index contributed by atoms with van der Waals surface area (Å²) in [4.78, 5) is 6.22. The van der Waals surface area contributed by atoms with Crippen molar-refractivity contribution in [3.63, 3.8) is 0 Å². The number of hydrogen-bond acceptors (Lipinski definition) is 2. The van der Waals surface area contributed by atoms with E-state index in [1.807, 2.05) is 6.07 Å². The lowest BCUT2D eigenvalue weighted by atomic mass is 10.2. The Balaban J connectivity index is 1.95. The lowest BCUT2D eigenvalue weighted by Gasteiger charge is -2.06. The minimum atomic E-state index is 0.991. The first kappa shape index (κ1) is 13.5. The number of benzene rings is 2. The second-order valence-corrected chi connectivity index (χ2v) is 6.69. The van der Waals surface area contributed by atoms with E-state index in [1.165, 1.54) is 15.8 Å². The Morgan fingerprint density at radius 1 is 0.708 bits per heavy atom. The first-order valence-corrected chi connectivity index (χ1v) is 8.79. The second kappa shape index (κ2) is 5.32. The zero-order valence-corrected chi connectivity index (χ0v) is 13.7. The number of fused-ring (bicyclic) bond motifs is 3. The molecule has 0 aliphatic rings. The topological polar surface area (TPSA) is 17.3 Å². The average Bonchev–Trinajstić information content (AvgIpc) is 3.30. The van der Waals surface area contributed by atoms with Crippen LogP contribution in [-0.2, 0) is 0 Å². The maximum absolute atomic E-state index is 5.03. The van der Waals surface area contributed by atoms with Crippen molar-refractivity contribution in [2.75, 3.05) is 0 Å². The Hall–Kier alpha value is -2.91. The van der Waals surface area contributed by atoms with E-state index in [4.69, 9.17) is 4.98 Å². The second-order valence-electron chi connectivity index (χ2n) is 5.74. The molecule has 114 valence electrons. The highest BCUT2D eigenvalue weighted by molar-refractivity contribution is 7.13. The maximum atomic E-state index is 5.03. The van der Waals surface area contributed by atoms with Crippen molar-refractivity contribution in [2.45, 2.75) is 0 Å². The summed E-state index contributed by atoms with van der Waals surface area (Å²) in [6, 6.07) is 27.4. The minimum absolute atomic E-state index is 0.991.